The van der Waals surface area contributed by atoms with E-state index in [1.807, 2.05) is 22.8 Å². The van der Waals surface area contributed by atoms with Crippen molar-refractivity contribution in [1.29, 1.82) is 0 Å². The summed E-state index contributed by atoms with van der Waals surface area (Å²) in [6, 6.07) is 9.08. The van der Waals surface area contributed by atoms with Crippen LogP contribution in [0, 0.1) is 11.8 Å². The maximum atomic E-state index is 12.9. The van der Waals surface area contributed by atoms with E-state index in [1.54, 1.807) is 32.5 Å². The van der Waals surface area contributed by atoms with Gasteiger partial charge in [-0.2, -0.15) is 4.98 Å². The number of anilines is 2. The Morgan fingerprint density at radius 3 is 2.54 bits per heavy atom. The number of methoxy groups -OCH3 is 2. The number of fused-ring (bicyclic) bond motifs is 1. The number of rotatable bonds is 6. The SMILES string of the molecule is COc1cc(Cc2cnc(N)nc2N)cc(C#Cc2ccc3c(=O)c(C(=O)O)cn(C4CCCC4)c3c2)c1OC.Cl. The number of carboxylic acids is 1. The van der Waals surface area contributed by atoms with Crippen LogP contribution in [-0.2, 0) is 6.42 Å². The van der Waals surface area contributed by atoms with Crippen molar-refractivity contribution in [2.24, 2.45) is 0 Å². The third kappa shape index (κ3) is 5.90. The normalized spacial score (nSPS) is 12.8. The zero-order chi connectivity index (χ0) is 28.4. The molecule has 2 aromatic heterocycles. The molecule has 5 N–H and O–H groups in total. The second kappa shape index (κ2) is 12.2. The van der Waals surface area contributed by atoms with Crippen LogP contribution in [0.25, 0.3) is 10.9 Å². The maximum Gasteiger partial charge on any atom is 0.341 e. The van der Waals surface area contributed by atoms with E-state index in [9.17, 15) is 14.7 Å². The average Bonchev–Trinajstić information content (AvgIpc) is 3.48. The Morgan fingerprint density at radius 1 is 1.12 bits per heavy atom. The monoisotopic (exact) mass is 575 g/mol. The molecule has 1 aliphatic rings. The summed E-state index contributed by atoms with van der Waals surface area (Å²) < 4.78 is 13.1. The highest BCUT2D eigenvalue weighted by Crippen LogP contribution is 2.34. The summed E-state index contributed by atoms with van der Waals surface area (Å²) in [5, 5.41) is 9.98. The van der Waals surface area contributed by atoms with E-state index in [0.717, 1.165) is 31.2 Å². The van der Waals surface area contributed by atoms with Gasteiger partial charge >= 0.3 is 5.97 Å². The molecule has 1 aliphatic carbocycles. The lowest BCUT2D eigenvalue weighted by molar-refractivity contribution is 0.0694. The molecule has 41 heavy (non-hydrogen) atoms. The largest absolute Gasteiger partial charge is 0.493 e. The number of carbonyl (C=O) groups is 1. The first kappa shape index (κ1) is 29.2. The van der Waals surface area contributed by atoms with E-state index in [-0.39, 0.29) is 30.0 Å². The van der Waals surface area contributed by atoms with E-state index < -0.39 is 11.4 Å². The van der Waals surface area contributed by atoms with Crippen molar-refractivity contribution >= 4 is 41.0 Å². The van der Waals surface area contributed by atoms with Crippen LogP contribution < -0.4 is 26.4 Å². The molecule has 0 saturated heterocycles. The molecule has 212 valence electrons. The molecule has 0 bridgehead atoms. The maximum absolute atomic E-state index is 12.9. The van der Waals surface area contributed by atoms with Gasteiger partial charge in [0.05, 0.1) is 25.3 Å². The Labute approximate surface area is 242 Å². The van der Waals surface area contributed by atoms with Gasteiger partial charge in [0, 0.05) is 41.4 Å². The smallest absolute Gasteiger partial charge is 0.341 e. The van der Waals surface area contributed by atoms with Crippen LogP contribution in [-0.4, -0.2) is 39.8 Å². The molecule has 0 amide bonds. The first-order valence-electron chi connectivity index (χ1n) is 12.8. The second-order valence-corrected chi connectivity index (χ2v) is 9.70. The van der Waals surface area contributed by atoms with Crippen LogP contribution in [0.3, 0.4) is 0 Å². The van der Waals surface area contributed by atoms with E-state index >= 15 is 0 Å². The first-order chi connectivity index (χ1) is 19.3. The molecule has 5 rings (SSSR count). The molecule has 1 saturated carbocycles. The molecule has 0 aliphatic heterocycles. The molecule has 10 nitrogen and oxygen atoms in total. The number of hydrogen-bond donors (Lipinski definition) is 3. The standard InChI is InChI=1S/C30H29N5O5.ClH/c1-39-25-14-18(12-20-15-33-30(32)34-28(20)31)11-19(27(25)40-2)9-7-17-8-10-22-24(13-17)35(21-5-3-4-6-21)16-23(26(22)36)29(37)38;/h8,10-11,13-16,21H,3-6,12H2,1-2H3,(H,37,38)(H4,31,32,33,34);1H. The van der Waals surface area contributed by atoms with E-state index in [0.29, 0.717) is 51.3 Å². The third-order valence-electron chi connectivity index (χ3n) is 7.17. The van der Waals surface area contributed by atoms with Crippen LogP contribution in [0.5, 0.6) is 11.5 Å². The van der Waals surface area contributed by atoms with Gasteiger partial charge in [-0.15, -0.1) is 12.4 Å². The number of benzene rings is 2. The van der Waals surface area contributed by atoms with Gasteiger partial charge in [0.2, 0.25) is 11.4 Å². The number of hydrogen-bond acceptors (Lipinski definition) is 8. The van der Waals surface area contributed by atoms with E-state index in [1.165, 1.54) is 6.20 Å². The molecule has 2 aromatic carbocycles. The third-order valence-corrected chi connectivity index (χ3v) is 7.17. The molecular formula is C30H30ClN5O5. The zero-order valence-electron chi connectivity index (χ0n) is 22.6. The molecule has 2 heterocycles. The number of aromatic nitrogens is 3. The Hall–Kier alpha value is -4.75. The van der Waals surface area contributed by atoms with Crippen molar-refractivity contribution in [3.63, 3.8) is 0 Å². The van der Waals surface area contributed by atoms with Crippen molar-refractivity contribution < 1.29 is 19.4 Å². The number of nitrogen functional groups attached to an aromatic ring is 2. The number of carboxylic acid groups (broad SMARTS) is 1. The van der Waals surface area contributed by atoms with Gasteiger partial charge in [-0.1, -0.05) is 24.7 Å². The predicted molar refractivity (Wildman–Crippen MR) is 159 cm³/mol. The number of nitrogens with two attached hydrogens (primary N) is 2. The van der Waals surface area contributed by atoms with E-state index in [4.69, 9.17) is 20.9 Å². The molecule has 4 aromatic rings. The minimum atomic E-state index is -1.23. The minimum Gasteiger partial charge on any atom is -0.493 e. The number of ether oxygens (including phenoxy) is 2. The quantitative estimate of drug-likeness (QED) is 0.287. The first-order valence-corrected chi connectivity index (χ1v) is 12.8. The molecular weight excluding hydrogens is 546 g/mol. The van der Waals surface area contributed by atoms with Crippen LogP contribution in [0.1, 0.15) is 64.3 Å². The molecule has 11 heteroatoms. The number of nitrogens with zero attached hydrogens (tertiary/aromatic N) is 3. The lowest BCUT2D eigenvalue weighted by Gasteiger charge is -2.18. The van der Waals surface area contributed by atoms with Crippen molar-refractivity contribution in [1.82, 2.24) is 14.5 Å². The summed E-state index contributed by atoms with van der Waals surface area (Å²) in [6.07, 6.45) is 7.48. The zero-order valence-corrected chi connectivity index (χ0v) is 23.5. The van der Waals surface area contributed by atoms with Gasteiger partial charge in [-0.25, -0.2) is 9.78 Å². The summed E-state index contributed by atoms with van der Waals surface area (Å²) >= 11 is 0. The fourth-order valence-corrected chi connectivity index (χ4v) is 5.21. The average molecular weight is 576 g/mol. The van der Waals surface area contributed by atoms with Crippen molar-refractivity contribution in [2.45, 2.75) is 38.1 Å². The summed E-state index contributed by atoms with van der Waals surface area (Å²) in [5.74, 6) is 6.53. The van der Waals surface area contributed by atoms with Gasteiger partial charge in [0.25, 0.3) is 0 Å². The second-order valence-electron chi connectivity index (χ2n) is 9.70. The summed E-state index contributed by atoms with van der Waals surface area (Å²) in [5.41, 5.74) is 14.5. The van der Waals surface area contributed by atoms with Crippen molar-refractivity contribution in [3.05, 3.63) is 80.8 Å². The van der Waals surface area contributed by atoms with Gasteiger partial charge < -0.3 is 30.6 Å². The fraction of sp³-hybridized carbons (Fsp3) is 0.267. The van der Waals surface area contributed by atoms with Crippen molar-refractivity contribution in [3.8, 4) is 23.3 Å². The van der Waals surface area contributed by atoms with Crippen LogP contribution in [0.2, 0.25) is 0 Å². The number of pyridine rings is 1. The fourth-order valence-electron chi connectivity index (χ4n) is 5.21. The molecule has 1 fully saturated rings. The van der Waals surface area contributed by atoms with E-state index in [2.05, 4.69) is 21.8 Å². The van der Waals surface area contributed by atoms with Gasteiger partial charge in [-0.05, 0) is 48.7 Å². The highest BCUT2D eigenvalue weighted by molar-refractivity contribution is 5.93. The van der Waals surface area contributed by atoms with Gasteiger partial charge in [-0.3, -0.25) is 4.79 Å². The summed E-state index contributed by atoms with van der Waals surface area (Å²) in [4.78, 5) is 32.8. The Balaban J connectivity index is 0.00000387. The molecule has 0 spiro atoms. The molecule has 0 atom stereocenters. The van der Waals surface area contributed by atoms with Gasteiger partial charge in [0.1, 0.15) is 11.4 Å². The number of aromatic carboxylic acids is 1. The topological polar surface area (TPSA) is 156 Å². The summed E-state index contributed by atoms with van der Waals surface area (Å²) in [6.45, 7) is 0. The lowest BCUT2D eigenvalue weighted by atomic mass is 10.0. The Bertz CT molecular complexity index is 1750. The molecule has 0 unspecified atom stereocenters. The lowest BCUT2D eigenvalue weighted by Crippen LogP contribution is -2.20. The minimum absolute atomic E-state index is 0. The van der Waals surface area contributed by atoms with Crippen LogP contribution in [0.15, 0.2) is 47.5 Å². The summed E-state index contributed by atoms with van der Waals surface area (Å²) in [7, 11) is 3.10. The van der Waals surface area contributed by atoms with Crippen LogP contribution in [0.4, 0.5) is 11.8 Å². The Kier molecular flexibility index (Phi) is 8.69. The Morgan fingerprint density at radius 2 is 1.88 bits per heavy atom. The van der Waals surface area contributed by atoms with Gasteiger partial charge in [0.15, 0.2) is 11.5 Å². The highest BCUT2D eigenvalue weighted by atomic mass is 35.5. The van der Waals surface area contributed by atoms with Crippen molar-refractivity contribution in [2.75, 3.05) is 25.7 Å². The predicted octanol–water partition coefficient (Wildman–Crippen LogP) is 4.20. The number of halogens is 1. The highest BCUT2D eigenvalue weighted by Gasteiger charge is 2.22. The van der Waals surface area contributed by atoms with Crippen LogP contribution >= 0.6 is 12.4 Å². The molecule has 0 radical (unpaired) electrons.